The highest BCUT2D eigenvalue weighted by molar-refractivity contribution is 6.04. The quantitative estimate of drug-likeness (QED) is 0.430. The first kappa shape index (κ1) is 20.5. The van der Waals surface area contributed by atoms with E-state index >= 15 is 0 Å². The van der Waals surface area contributed by atoms with Gasteiger partial charge in [0.2, 0.25) is 11.8 Å². The second-order valence-corrected chi connectivity index (χ2v) is 8.64. The first-order chi connectivity index (χ1) is 14.8. The summed E-state index contributed by atoms with van der Waals surface area (Å²) in [5.74, 6) is 0.768. The molecule has 1 heterocycles. The molecule has 1 aromatic heterocycles. The van der Waals surface area contributed by atoms with E-state index in [1.807, 2.05) is 79.7 Å². The number of rotatable bonds is 4. The number of amides is 1. The highest BCUT2D eigenvalue weighted by atomic mass is 16.4. The van der Waals surface area contributed by atoms with E-state index in [1.165, 1.54) is 11.1 Å². The molecular weight excluding hydrogens is 386 g/mol. The fourth-order valence-electron chi connectivity index (χ4n) is 3.17. The molecule has 3 aromatic carbocycles. The summed E-state index contributed by atoms with van der Waals surface area (Å²) >= 11 is 0. The summed E-state index contributed by atoms with van der Waals surface area (Å²) in [7, 11) is 0. The van der Waals surface area contributed by atoms with Crippen LogP contribution in [0, 0.1) is 6.92 Å². The molecule has 0 aliphatic rings. The largest absolute Gasteiger partial charge is 0.416 e. The lowest BCUT2D eigenvalue weighted by Gasteiger charge is -2.19. The number of nitrogens with zero attached hydrogens (tertiary/aromatic N) is 2. The van der Waals surface area contributed by atoms with Gasteiger partial charge in [0.05, 0.1) is 0 Å². The van der Waals surface area contributed by atoms with Crippen LogP contribution in [0.4, 0.5) is 5.69 Å². The molecule has 5 nitrogen and oxygen atoms in total. The summed E-state index contributed by atoms with van der Waals surface area (Å²) in [5.41, 5.74) is 5.41. The van der Waals surface area contributed by atoms with Gasteiger partial charge in [-0.3, -0.25) is 4.79 Å². The molecule has 0 bridgehead atoms. The van der Waals surface area contributed by atoms with Crippen molar-refractivity contribution < 1.29 is 9.21 Å². The molecule has 156 valence electrons. The summed E-state index contributed by atoms with van der Waals surface area (Å²) in [5, 5.41) is 11.2. The fourth-order valence-corrected chi connectivity index (χ4v) is 3.17. The van der Waals surface area contributed by atoms with Crippen LogP contribution in [0.1, 0.15) is 42.3 Å². The third kappa shape index (κ3) is 4.72. The maximum absolute atomic E-state index is 12.6. The third-order valence-electron chi connectivity index (χ3n) is 5.13. The molecule has 31 heavy (non-hydrogen) atoms. The van der Waals surface area contributed by atoms with Gasteiger partial charge in [-0.1, -0.05) is 50.6 Å². The molecule has 0 saturated carbocycles. The molecule has 0 radical (unpaired) electrons. The molecule has 0 aliphatic heterocycles. The standard InChI is InChI=1S/C26H25N3O2/c1-17-5-7-19(8-6-17)24-28-29-25(31-24)20-11-15-22(16-12-20)27-23(30)18-9-13-21(14-10-18)26(2,3)4/h5-16H,1-4H3,(H,27,30). The number of carbonyl (C=O) groups excluding carboxylic acids is 1. The number of nitrogens with one attached hydrogen (secondary N) is 1. The lowest BCUT2D eigenvalue weighted by molar-refractivity contribution is 0.102. The van der Waals surface area contributed by atoms with Crippen molar-refractivity contribution in [1.82, 2.24) is 10.2 Å². The van der Waals surface area contributed by atoms with Crippen LogP contribution in [0.25, 0.3) is 22.9 Å². The minimum Gasteiger partial charge on any atom is -0.416 e. The van der Waals surface area contributed by atoms with Gasteiger partial charge in [-0.2, -0.15) is 0 Å². The van der Waals surface area contributed by atoms with Crippen molar-refractivity contribution in [1.29, 1.82) is 0 Å². The van der Waals surface area contributed by atoms with Crippen LogP contribution < -0.4 is 5.32 Å². The molecule has 0 atom stereocenters. The zero-order valence-electron chi connectivity index (χ0n) is 18.1. The highest BCUT2D eigenvalue weighted by Gasteiger charge is 2.15. The number of hydrogen-bond donors (Lipinski definition) is 1. The Bertz CT molecular complexity index is 1180. The van der Waals surface area contributed by atoms with Crippen LogP contribution in [0.15, 0.2) is 77.2 Å². The van der Waals surface area contributed by atoms with E-state index in [-0.39, 0.29) is 11.3 Å². The fraction of sp³-hybridized carbons (Fsp3) is 0.192. The Morgan fingerprint density at radius 3 is 1.81 bits per heavy atom. The second kappa shape index (κ2) is 8.19. The zero-order valence-corrected chi connectivity index (χ0v) is 18.1. The summed E-state index contributed by atoms with van der Waals surface area (Å²) in [6, 6.07) is 23.0. The number of anilines is 1. The first-order valence-electron chi connectivity index (χ1n) is 10.2. The van der Waals surface area contributed by atoms with E-state index < -0.39 is 0 Å². The molecule has 1 amide bonds. The Hall–Kier alpha value is -3.73. The number of aryl methyl sites for hydroxylation is 1. The van der Waals surface area contributed by atoms with Crippen molar-refractivity contribution in [2.75, 3.05) is 5.32 Å². The van der Waals surface area contributed by atoms with Crippen molar-refractivity contribution in [2.45, 2.75) is 33.1 Å². The molecule has 0 saturated heterocycles. The van der Waals surface area contributed by atoms with Gasteiger partial charge in [0, 0.05) is 22.4 Å². The third-order valence-corrected chi connectivity index (χ3v) is 5.13. The van der Waals surface area contributed by atoms with E-state index in [0.717, 1.165) is 11.1 Å². The Balaban J connectivity index is 1.45. The van der Waals surface area contributed by atoms with Crippen LogP contribution in [0.3, 0.4) is 0 Å². The zero-order chi connectivity index (χ0) is 22.0. The molecule has 4 rings (SSSR count). The van der Waals surface area contributed by atoms with Crippen LogP contribution in [-0.4, -0.2) is 16.1 Å². The molecule has 0 fully saturated rings. The number of carbonyl (C=O) groups is 1. The summed E-state index contributed by atoms with van der Waals surface area (Å²) in [6.07, 6.45) is 0. The molecule has 0 unspecified atom stereocenters. The Morgan fingerprint density at radius 2 is 1.29 bits per heavy atom. The second-order valence-electron chi connectivity index (χ2n) is 8.64. The maximum atomic E-state index is 12.6. The van der Waals surface area contributed by atoms with Gasteiger partial charge in [0.15, 0.2) is 0 Å². The highest BCUT2D eigenvalue weighted by Crippen LogP contribution is 2.26. The van der Waals surface area contributed by atoms with Gasteiger partial charge in [-0.15, -0.1) is 10.2 Å². The van der Waals surface area contributed by atoms with Crippen molar-refractivity contribution >= 4 is 11.6 Å². The predicted octanol–water partition coefficient (Wildman–Crippen LogP) is 6.26. The average Bonchev–Trinajstić information content (AvgIpc) is 3.24. The lowest BCUT2D eigenvalue weighted by Crippen LogP contribution is -2.14. The molecule has 0 spiro atoms. The van der Waals surface area contributed by atoms with E-state index in [9.17, 15) is 4.79 Å². The molecule has 5 heteroatoms. The molecular formula is C26H25N3O2. The van der Waals surface area contributed by atoms with Gasteiger partial charge in [0.1, 0.15) is 0 Å². The van der Waals surface area contributed by atoms with Crippen molar-refractivity contribution in [2.24, 2.45) is 0 Å². The molecule has 4 aromatic rings. The van der Waals surface area contributed by atoms with Crippen molar-refractivity contribution in [3.8, 4) is 22.9 Å². The van der Waals surface area contributed by atoms with E-state index in [2.05, 4.69) is 36.3 Å². The monoisotopic (exact) mass is 411 g/mol. The number of hydrogen-bond acceptors (Lipinski definition) is 4. The van der Waals surface area contributed by atoms with E-state index in [1.54, 1.807) is 0 Å². The Kier molecular flexibility index (Phi) is 5.42. The van der Waals surface area contributed by atoms with Crippen LogP contribution in [0.2, 0.25) is 0 Å². The van der Waals surface area contributed by atoms with E-state index in [4.69, 9.17) is 4.42 Å². The molecule has 0 aliphatic carbocycles. The average molecular weight is 412 g/mol. The Labute approximate surface area is 182 Å². The van der Waals surface area contributed by atoms with E-state index in [0.29, 0.717) is 23.0 Å². The van der Waals surface area contributed by atoms with Crippen molar-refractivity contribution in [3.63, 3.8) is 0 Å². The van der Waals surface area contributed by atoms with Gasteiger partial charge in [-0.05, 0) is 66.4 Å². The summed E-state index contributed by atoms with van der Waals surface area (Å²) in [6.45, 7) is 8.48. The molecule has 1 N–H and O–H groups in total. The number of aromatic nitrogens is 2. The summed E-state index contributed by atoms with van der Waals surface area (Å²) < 4.78 is 5.81. The van der Waals surface area contributed by atoms with Crippen LogP contribution in [0.5, 0.6) is 0 Å². The minimum absolute atomic E-state index is 0.0545. The first-order valence-corrected chi connectivity index (χ1v) is 10.2. The van der Waals surface area contributed by atoms with Crippen LogP contribution >= 0.6 is 0 Å². The Morgan fingerprint density at radius 1 is 0.774 bits per heavy atom. The topological polar surface area (TPSA) is 68.0 Å². The van der Waals surface area contributed by atoms with Gasteiger partial charge in [0.25, 0.3) is 5.91 Å². The predicted molar refractivity (Wildman–Crippen MR) is 123 cm³/mol. The lowest BCUT2D eigenvalue weighted by atomic mass is 9.87. The van der Waals surface area contributed by atoms with Gasteiger partial charge in [-0.25, -0.2) is 0 Å². The SMILES string of the molecule is Cc1ccc(-c2nnc(-c3ccc(NC(=O)c4ccc(C(C)(C)C)cc4)cc3)o2)cc1. The smallest absolute Gasteiger partial charge is 0.255 e. The number of benzene rings is 3. The van der Waals surface area contributed by atoms with Crippen molar-refractivity contribution in [3.05, 3.63) is 89.5 Å². The normalized spacial score (nSPS) is 11.4. The van der Waals surface area contributed by atoms with Crippen LogP contribution in [-0.2, 0) is 5.41 Å². The summed E-state index contributed by atoms with van der Waals surface area (Å²) in [4.78, 5) is 12.6. The van der Waals surface area contributed by atoms with Gasteiger partial charge < -0.3 is 9.73 Å². The minimum atomic E-state index is -0.146. The maximum Gasteiger partial charge on any atom is 0.255 e. The van der Waals surface area contributed by atoms with Gasteiger partial charge >= 0.3 is 0 Å².